The number of rotatable bonds is 6. The number of amides is 2. The number of hydrogen-bond acceptors (Lipinski definition) is 6. The number of nitrogens with zero attached hydrogens (tertiary/aromatic N) is 3. The summed E-state index contributed by atoms with van der Waals surface area (Å²) < 4.78 is 5.85. The molecule has 2 aliphatic heterocycles. The molecule has 0 aromatic carbocycles. The van der Waals surface area contributed by atoms with E-state index in [0.717, 1.165) is 25.2 Å². The van der Waals surface area contributed by atoms with Crippen LogP contribution in [0.25, 0.3) is 0 Å². The normalized spacial score (nSPS) is 27.0. The first-order chi connectivity index (χ1) is 12.4. The van der Waals surface area contributed by atoms with Crippen molar-refractivity contribution in [3.8, 4) is 0 Å². The molecule has 1 aromatic heterocycles. The van der Waals surface area contributed by atoms with Gasteiger partial charge in [-0.3, -0.25) is 14.5 Å². The summed E-state index contributed by atoms with van der Waals surface area (Å²) in [4.78, 5) is 35.0. The molecule has 26 heavy (non-hydrogen) atoms. The lowest BCUT2D eigenvalue weighted by Gasteiger charge is -2.35. The van der Waals surface area contributed by atoms with Gasteiger partial charge in [0.2, 0.25) is 11.8 Å². The lowest BCUT2D eigenvalue weighted by Crippen LogP contribution is -2.48. The van der Waals surface area contributed by atoms with Crippen LogP contribution >= 0.6 is 0 Å². The van der Waals surface area contributed by atoms with E-state index in [2.05, 4.69) is 20.2 Å². The fraction of sp³-hybridized carbons (Fsp3) is 0.706. The predicted octanol–water partition coefficient (Wildman–Crippen LogP) is -1.28. The van der Waals surface area contributed by atoms with E-state index in [9.17, 15) is 9.59 Å². The number of nitrogens with one attached hydrogen (secondary N) is 2. The van der Waals surface area contributed by atoms with Gasteiger partial charge in [-0.15, -0.1) is 0 Å². The van der Waals surface area contributed by atoms with Crippen molar-refractivity contribution in [2.75, 3.05) is 33.8 Å². The number of fused-ring (bicyclic) bond motifs is 1. The maximum absolute atomic E-state index is 12.3. The topological polar surface area (TPSA) is 117 Å². The van der Waals surface area contributed by atoms with Crippen molar-refractivity contribution in [3.05, 3.63) is 18.2 Å². The van der Waals surface area contributed by atoms with Gasteiger partial charge in [0.05, 0.1) is 31.5 Å². The van der Waals surface area contributed by atoms with Gasteiger partial charge in [-0.05, 0) is 6.42 Å². The van der Waals surface area contributed by atoms with Gasteiger partial charge < -0.3 is 25.7 Å². The molecule has 9 heteroatoms. The number of carbonyl (C=O) groups excluding carboxylic acids is 2. The van der Waals surface area contributed by atoms with E-state index in [1.165, 1.54) is 0 Å². The van der Waals surface area contributed by atoms with Crippen LogP contribution in [0, 0.1) is 0 Å². The fourth-order valence-corrected chi connectivity index (χ4v) is 3.58. The Labute approximate surface area is 153 Å². The van der Waals surface area contributed by atoms with Crippen LogP contribution in [0.3, 0.4) is 0 Å². The van der Waals surface area contributed by atoms with E-state index in [0.29, 0.717) is 19.4 Å². The van der Waals surface area contributed by atoms with Gasteiger partial charge in [0.1, 0.15) is 0 Å². The van der Waals surface area contributed by atoms with E-state index in [1.54, 1.807) is 31.5 Å². The molecule has 0 aliphatic carbocycles. The summed E-state index contributed by atoms with van der Waals surface area (Å²) in [5, 5.41) is 3.05. The van der Waals surface area contributed by atoms with E-state index >= 15 is 0 Å². The minimum absolute atomic E-state index is 0.0622. The van der Waals surface area contributed by atoms with Crippen LogP contribution in [-0.2, 0) is 20.7 Å². The van der Waals surface area contributed by atoms with Gasteiger partial charge in [-0.25, -0.2) is 4.98 Å². The van der Waals surface area contributed by atoms with Crippen LogP contribution in [0.4, 0.5) is 0 Å². The first kappa shape index (κ1) is 18.8. The lowest BCUT2D eigenvalue weighted by molar-refractivity contribution is -0.134. The van der Waals surface area contributed by atoms with Crippen molar-refractivity contribution in [1.82, 2.24) is 25.1 Å². The Kier molecular flexibility index (Phi) is 5.90. The van der Waals surface area contributed by atoms with E-state index in [1.807, 2.05) is 0 Å². The molecule has 2 amide bonds. The SMILES string of the molecule is CN(C)C(=O)C[C@H]1CN2C[C@@H](NC(=O)[C@@H](N)Cc3cnc[nH]3)C[C@H]2CO1. The number of imidazole rings is 1. The smallest absolute Gasteiger partial charge is 0.237 e. The van der Waals surface area contributed by atoms with E-state index < -0.39 is 6.04 Å². The molecule has 144 valence electrons. The summed E-state index contributed by atoms with van der Waals surface area (Å²) in [6, 6.07) is -0.253. The summed E-state index contributed by atoms with van der Waals surface area (Å²) in [7, 11) is 3.50. The highest BCUT2D eigenvalue weighted by atomic mass is 16.5. The zero-order chi connectivity index (χ0) is 18.7. The third-order valence-corrected chi connectivity index (χ3v) is 5.07. The number of aromatic nitrogens is 2. The Bertz CT molecular complexity index is 620. The molecule has 2 fully saturated rings. The van der Waals surface area contributed by atoms with Gasteiger partial charge in [0.15, 0.2) is 0 Å². The molecule has 9 nitrogen and oxygen atoms in total. The summed E-state index contributed by atoms with van der Waals surface area (Å²) in [5.41, 5.74) is 6.84. The van der Waals surface area contributed by atoms with Crippen LogP contribution in [0.15, 0.2) is 12.5 Å². The molecule has 4 atom stereocenters. The van der Waals surface area contributed by atoms with Gasteiger partial charge in [0.25, 0.3) is 0 Å². The van der Waals surface area contributed by atoms with Crippen LogP contribution in [0.2, 0.25) is 0 Å². The van der Waals surface area contributed by atoms with Crippen LogP contribution in [0.5, 0.6) is 0 Å². The zero-order valence-electron chi connectivity index (χ0n) is 15.4. The van der Waals surface area contributed by atoms with Gasteiger partial charge in [0, 0.05) is 57.6 Å². The van der Waals surface area contributed by atoms with Crippen LogP contribution < -0.4 is 11.1 Å². The first-order valence-electron chi connectivity index (χ1n) is 9.01. The number of hydrogen-bond donors (Lipinski definition) is 3. The van der Waals surface area contributed by atoms with Crippen LogP contribution in [0.1, 0.15) is 18.5 Å². The number of morpholine rings is 1. The molecule has 2 aliphatic rings. The highest BCUT2D eigenvalue weighted by Gasteiger charge is 2.38. The zero-order valence-corrected chi connectivity index (χ0v) is 15.4. The molecular weight excluding hydrogens is 336 g/mol. The molecule has 4 N–H and O–H groups in total. The average molecular weight is 364 g/mol. The number of ether oxygens (including phenoxy) is 1. The number of H-pyrrole nitrogens is 1. The number of nitrogens with two attached hydrogens (primary N) is 1. The third kappa shape index (κ3) is 4.60. The van der Waals surface area contributed by atoms with Gasteiger partial charge >= 0.3 is 0 Å². The Hall–Kier alpha value is -1.97. The minimum Gasteiger partial charge on any atom is -0.375 e. The molecule has 0 bridgehead atoms. The van der Waals surface area contributed by atoms with Crippen molar-refractivity contribution in [2.24, 2.45) is 5.73 Å². The minimum atomic E-state index is -0.602. The summed E-state index contributed by atoms with van der Waals surface area (Å²) >= 11 is 0. The summed E-state index contributed by atoms with van der Waals surface area (Å²) in [6.45, 7) is 2.08. The van der Waals surface area contributed by atoms with Crippen molar-refractivity contribution in [1.29, 1.82) is 0 Å². The molecule has 1 aromatic rings. The van der Waals surface area contributed by atoms with Crippen molar-refractivity contribution in [3.63, 3.8) is 0 Å². The Morgan fingerprint density at radius 1 is 1.50 bits per heavy atom. The Morgan fingerprint density at radius 3 is 3.00 bits per heavy atom. The standard InChI is InChI=1S/C17H28N6O3/c1-22(2)16(24)5-14-8-23-7-12(3-13(23)9-26-14)21-17(25)15(18)4-11-6-19-10-20-11/h6,10,12-15H,3-5,7-9,18H2,1-2H3,(H,19,20)(H,21,25)/t12-,13-,14-,15-/m0/s1. The second-order valence-electron chi connectivity index (χ2n) is 7.38. The number of aromatic amines is 1. The van der Waals surface area contributed by atoms with E-state index in [4.69, 9.17) is 10.5 Å². The molecule has 0 unspecified atom stereocenters. The van der Waals surface area contributed by atoms with Crippen molar-refractivity contribution < 1.29 is 14.3 Å². The quantitative estimate of drug-likeness (QED) is 0.579. The molecule has 0 saturated carbocycles. The molecule has 2 saturated heterocycles. The first-order valence-corrected chi connectivity index (χ1v) is 9.01. The fourth-order valence-electron chi connectivity index (χ4n) is 3.58. The van der Waals surface area contributed by atoms with Gasteiger partial charge in [-0.1, -0.05) is 0 Å². The third-order valence-electron chi connectivity index (χ3n) is 5.07. The molecule has 3 heterocycles. The molecule has 0 radical (unpaired) electrons. The highest BCUT2D eigenvalue weighted by molar-refractivity contribution is 5.82. The Balaban J connectivity index is 1.46. The molecular formula is C17H28N6O3. The van der Waals surface area contributed by atoms with Gasteiger partial charge in [-0.2, -0.15) is 0 Å². The summed E-state index contributed by atoms with van der Waals surface area (Å²) in [6.07, 6.45) is 4.84. The number of carbonyl (C=O) groups is 2. The Morgan fingerprint density at radius 2 is 2.31 bits per heavy atom. The van der Waals surface area contributed by atoms with E-state index in [-0.39, 0.29) is 30.0 Å². The van der Waals surface area contributed by atoms with Crippen LogP contribution in [-0.4, -0.2) is 89.6 Å². The second kappa shape index (κ2) is 8.15. The molecule has 0 spiro atoms. The lowest BCUT2D eigenvalue weighted by atomic mass is 10.1. The second-order valence-corrected chi connectivity index (χ2v) is 7.38. The predicted molar refractivity (Wildman–Crippen MR) is 95.2 cm³/mol. The maximum Gasteiger partial charge on any atom is 0.237 e. The maximum atomic E-state index is 12.3. The monoisotopic (exact) mass is 364 g/mol. The summed E-state index contributed by atoms with van der Waals surface area (Å²) in [5.74, 6) is -0.0769. The average Bonchev–Trinajstić information content (AvgIpc) is 3.23. The molecule has 3 rings (SSSR count). The van der Waals surface area contributed by atoms with Crippen molar-refractivity contribution >= 4 is 11.8 Å². The largest absolute Gasteiger partial charge is 0.375 e. The van der Waals surface area contributed by atoms with Crippen molar-refractivity contribution in [2.45, 2.75) is 43.5 Å². The highest BCUT2D eigenvalue weighted by Crippen LogP contribution is 2.24.